The number of ether oxygens (including phenoxy) is 2. The van der Waals surface area contributed by atoms with E-state index < -0.39 is 0 Å². The van der Waals surface area contributed by atoms with Gasteiger partial charge in [-0.25, -0.2) is 0 Å². The van der Waals surface area contributed by atoms with Crippen molar-refractivity contribution in [1.29, 1.82) is 0 Å². The minimum Gasteiger partial charge on any atom is -0.496 e. The summed E-state index contributed by atoms with van der Waals surface area (Å²) in [5, 5.41) is 0.159. The van der Waals surface area contributed by atoms with Crippen molar-refractivity contribution in [2.45, 2.75) is 0 Å². The number of furan rings is 1. The molecule has 2 rings (SSSR count). The Morgan fingerprint density at radius 3 is 2.42 bits per heavy atom. The third-order valence-electron chi connectivity index (χ3n) is 2.52. The van der Waals surface area contributed by atoms with Crippen molar-refractivity contribution in [2.75, 3.05) is 14.2 Å². The molecule has 0 spiro atoms. The molecule has 0 aliphatic rings. The standard InChI is InChI=1S/C13H10BrClO4/c1-17-10-6-8(14)11(18-2)5-7(10)13(16)9-3-4-12(15)19-9/h3-6H,1-2H3. The molecule has 4 nitrogen and oxygen atoms in total. The van der Waals surface area contributed by atoms with Crippen LogP contribution in [0.5, 0.6) is 11.5 Å². The van der Waals surface area contributed by atoms with Crippen molar-refractivity contribution in [2.24, 2.45) is 0 Å². The van der Waals surface area contributed by atoms with Crippen LogP contribution in [0.2, 0.25) is 5.22 Å². The van der Waals surface area contributed by atoms with Gasteiger partial charge in [0, 0.05) is 0 Å². The first-order chi connectivity index (χ1) is 9.06. The van der Waals surface area contributed by atoms with Crippen molar-refractivity contribution < 1.29 is 18.7 Å². The fourth-order valence-electron chi connectivity index (χ4n) is 1.61. The van der Waals surface area contributed by atoms with Crippen LogP contribution in [0.3, 0.4) is 0 Å². The van der Waals surface area contributed by atoms with Crippen LogP contribution in [-0.4, -0.2) is 20.0 Å². The normalized spacial score (nSPS) is 10.3. The zero-order valence-corrected chi connectivity index (χ0v) is 12.5. The van der Waals surface area contributed by atoms with Crippen LogP contribution in [0.4, 0.5) is 0 Å². The zero-order valence-electron chi connectivity index (χ0n) is 10.2. The second-order valence-corrected chi connectivity index (χ2v) is 4.85. The maximum atomic E-state index is 12.3. The van der Waals surface area contributed by atoms with Gasteiger partial charge in [0.25, 0.3) is 0 Å². The number of halogens is 2. The number of ketones is 1. The number of carbonyl (C=O) groups excluding carboxylic acids is 1. The Bertz CT molecular complexity index is 621. The van der Waals surface area contributed by atoms with Gasteiger partial charge < -0.3 is 13.9 Å². The maximum absolute atomic E-state index is 12.3. The van der Waals surface area contributed by atoms with Crippen LogP contribution in [-0.2, 0) is 0 Å². The van der Waals surface area contributed by atoms with Gasteiger partial charge in [-0.2, -0.15) is 0 Å². The van der Waals surface area contributed by atoms with Crippen LogP contribution in [0.1, 0.15) is 16.1 Å². The zero-order chi connectivity index (χ0) is 14.0. The number of carbonyl (C=O) groups is 1. The first-order valence-corrected chi connectivity index (χ1v) is 6.45. The molecule has 6 heteroatoms. The van der Waals surface area contributed by atoms with Gasteiger partial charge in [-0.1, -0.05) is 0 Å². The van der Waals surface area contributed by atoms with Gasteiger partial charge in [-0.15, -0.1) is 0 Å². The summed E-state index contributed by atoms with van der Waals surface area (Å²) in [5.41, 5.74) is 0.341. The lowest BCUT2D eigenvalue weighted by molar-refractivity contribution is 0.101. The summed E-state index contributed by atoms with van der Waals surface area (Å²) < 4.78 is 16.2. The third kappa shape index (κ3) is 2.77. The Kier molecular flexibility index (Phi) is 4.17. The molecular weight excluding hydrogens is 335 g/mol. The lowest BCUT2D eigenvalue weighted by atomic mass is 10.1. The predicted molar refractivity (Wildman–Crippen MR) is 74.4 cm³/mol. The molecule has 0 radical (unpaired) electrons. The summed E-state index contributed by atoms with van der Waals surface area (Å²) in [6, 6.07) is 6.27. The Morgan fingerprint density at radius 2 is 1.89 bits per heavy atom. The van der Waals surface area contributed by atoms with Gasteiger partial charge in [0.2, 0.25) is 5.78 Å². The minimum atomic E-state index is -0.324. The quantitative estimate of drug-likeness (QED) is 0.787. The number of benzene rings is 1. The molecule has 2 aromatic rings. The number of methoxy groups -OCH3 is 2. The monoisotopic (exact) mass is 344 g/mol. The van der Waals surface area contributed by atoms with Crippen LogP contribution < -0.4 is 9.47 Å². The molecule has 1 heterocycles. The maximum Gasteiger partial charge on any atom is 0.232 e. The van der Waals surface area contributed by atoms with Gasteiger partial charge in [0.15, 0.2) is 11.0 Å². The average molecular weight is 346 g/mol. The minimum absolute atomic E-state index is 0.146. The fourth-order valence-corrected chi connectivity index (χ4v) is 2.24. The van der Waals surface area contributed by atoms with Gasteiger partial charge >= 0.3 is 0 Å². The number of hydrogen-bond acceptors (Lipinski definition) is 4. The molecule has 1 aromatic carbocycles. The molecule has 19 heavy (non-hydrogen) atoms. The van der Waals surface area contributed by atoms with E-state index in [0.29, 0.717) is 21.5 Å². The average Bonchev–Trinajstić information content (AvgIpc) is 2.84. The SMILES string of the molecule is COc1cc(C(=O)c2ccc(Cl)o2)c(OC)cc1Br. The molecule has 0 N–H and O–H groups in total. The summed E-state index contributed by atoms with van der Waals surface area (Å²) in [6.45, 7) is 0. The molecule has 0 unspecified atom stereocenters. The van der Waals surface area contributed by atoms with Crippen LogP contribution in [0.25, 0.3) is 0 Å². The molecule has 0 fully saturated rings. The van der Waals surface area contributed by atoms with Crippen molar-refractivity contribution in [1.82, 2.24) is 0 Å². The highest BCUT2D eigenvalue weighted by Gasteiger charge is 2.20. The Morgan fingerprint density at radius 1 is 1.21 bits per heavy atom. The smallest absolute Gasteiger partial charge is 0.232 e. The van der Waals surface area contributed by atoms with E-state index in [2.05, 4.69) is 15.9 Å². The van der Waals surface area contributed by atoms with Crippen molar-refractivity contribution in [3.8, 4) is 11.5 Å². The molecule has 100 valence electrons. The summed E-state index contributed by atoms with van der Waals surface area (Å²) in [7, 11) is 3.00. The second-order valence-electron chi connectivity index (χ2n) is 3.62. The Labute approximate surface area is 123 Å². The van der Waals surface area contributed by atoms with E-state index in [-0.39, 0.29) is 16.8 Å². The topological polar surface area (TPSA) is 48.7 Å². The van der Waals surface area contributed by atoms with Crippen LogP contribution >= 0.6 is 27.5 Å². The number of hydrogen-bond donors (Lipinski definition) is 0. The van der Waals surface area contributed by atoms with Crippen molar-refractivity contribution in [3.63, 3.8) is 0 Å². The highest BCUT2D eigenvalue weighted by atomic mass is 79.9. The lowest BCUT2D eigenvalue weighted by Crippen LogP contribution is -2.04. The van der Waals surface area contributed by atoms with Gasteiger partial charge in [-0.05, 0) is 51.8 Å². The summed E-state index contributed by atoms with van der Waals surface area (Å²) in [5.74, 6) is 0.772. The van der Waals surface area contributed by atoms with Gasteiger partial charge in [0.1, 0.15) is 11.5 Å². The molecule has 0 atom stereocenters. The summed E-state index contributed by atoms with van der Waals surface area (Å²) in [4.78, 5) is 12.3. The first kappa shape index (κ1) is 14.0. The van der Waals surface area contributed by atoms with E-state index in [4.69, 9.17) is 25.5 Å². The highest BCUT2D eigenvalue weighted by Crippen LogP contribution is 2.34. The lowest BCUT2D eigenvalue weighted by Gasteiger charge is -2.10. The van der Waals surface area contributed by atoms with Crippen molar-refractivity contribution >= 4 is 33.3 Å². The van der Waals surface area contributed by atoms with Gasteiger partial charge in [-0.3, -0.25) is 4.79 Å². The summed E-state index contributed by atoms with van der Waals surface area (Å²) in [6.07, 6.45) is 0. The fraction of sp³-hybridized carbons (Fsp3) is 0.154. The molecular formula is C13H10BrClO4. The molecule has 0 bridgehead atoms. The van der Waals surface area contributed by atoms with E-state index in [9.17, 15) is 4.79 Å². The van der Waals surface area contributed by atoms with Crippen molar-refractivity contribution in [3.05, 3.63) is 45.3 Å². The Balaban J connectivity index is 2.51. The van der Waals surface area contributed by atoms with E-state index in [1.165, 1.54) is 26.4 Å². The van der Waals surface area contributed by atoms with E-state index in [1.807, 2.05) is 0 Å². The number of rotatable bonds is 4. The largest absolute Gasteiger partial charge is 0.496 e. The highest BCUT2D eigenvalue weighted by molar-refractivity contribution is 9.10. The summed E-state index contributed by atoms with van der Waals surface area (Å²) >= 11 is 9.00. The molecule has 1 aromatic heterocycles. The van der Waals surface area contributed by atoms with Gasteiger partial charge in [0.05, 0.1) is 24.3 Å². The molecule has 0 saturated heterocycles. The van der Waals surface area contributed by atoms with E-state index >= 15 is 0 Å². The Hall–Kier alpha value is -1.46. The van der Waals surface area contributed by atoms with Crippen LogP contribution in [0.15, 0.2) is 33.2 Å². The molecule has 0 amide bonds. The third-order valence-corrected chi connectivity index (χ3v) is 3.34. The second kappa shape index (κ2) is 5.67. The van der Waals surface area contributed by atoms with Crippen LogP contribution in [0, 0.1) is 0 Å². The predicted octanol–water partition coefficient (Wildman–Crippen LogP) is 3.94. The molecule has 0 aliphatic heterocycles. The van der Waals surface area contributed by atoms with E-state index in [1.54, 1.807) is 12.1 Å². The molecule has 0 saturated carbocycles. The van der Waals surface area contributed by atoms with E-state index in [0.717, 1.165) is 0 Å². The molecule has 0 aliphatic carbocycles. The first-order valence-electron chi connectivity index (χ1n) is 5.28.